The number of nitrogens with one attached hydrogen (secondary N) is 1. The number of carbonyl (C=O) groups excluding carboxylic acids is 1. The number of carbonyl (C=O) groups is 1. The molecule has 1 fully saturated rings. The fourth-order valence-corrected chi connectivity index (χ4v) is 5.29. The van der Waals surface area contributed by atoms with Crippen molar-refractivity contribution in [2.24, 2.45) is 0 Å². The van der Waals surface area contributed by atoms with Crippen LogP contribution in [-0.2, 0) is 23.0 Å². The van der Waals surface area contributed by atoms with Gasteiger partial charge in [0.05, 0.1) is 10.9 Å². The SMILES string of the molecule is CCNS(=O)(=O)c1ccc(C(=O)N2CCCC2c2nnc3n2CCCCC3)cc1. The first kappa shape index (κ1) is 20.0. The Bertz CT molecular complexity index is 984. The summed E-state index contributed by atoms with van der Waals surface area (Å²) in [7, 11) is -3.53. The largest absolute Gasteiger partial charge is 0.328 e. The van der Waals surface area contributed by atoms with E-state index in [1.807, 2.05) is 4.90 Å². The zero-order valence-electron chi connectivity index (χ0n) is 16.7. The maximum absolute atomic E-state index is 13.2. The number of likely N-dealkylation sites (tertiary alicyclic amines) is 1. The summed E-state index contributed by atoms with van der Waals surface area (Å²) in [4.78, 5) is 15.2. The molecule has 0 radical (unpaired) electrons. The Hall–Kier alpha value is -2.26. The highest BCUT2D eigenvalue weighted by atomic mass is 32.2. The molecule has 4 rings (SSSR count). The van der Waals surface area contributed by atoms with Crippen LogP contribution in [0.25, 0.3) is 0 Å². The molecule has 0 saturated carbocycles. The number of rotatable bonds is 5. The minimum Gasteiger partial charge on any atom is -0.328 e. The lowest BCUT2D eigenvalue weighted by Crippen LogP contribution is -2.32. The van der Waals surface area contributed by atoms with Crippen molar-refractivity contribution in [1.29, 1.82) is 0 Å². The number of sulfonamides is 1. The van der Waals surface area contributed by atoms with Gasteiger partial charge in [0.15, 0.2) is 5.82 Å². The molecule has 156 valence electrons. The molecular weight excluding hydrogens is 390 g/mol. The van der Waals surface area contributed by atoms with Gasteiger partial charge in [0.1, 0.15) is 5.82 Å². The van der Waals surface area contributed by atoms with Gasteiger partial charge < -0.3 is 9.47 Å². The Labute approximate surface area is 171 Å². The van der Waals surface area contributed by atoms with Crippen LogP contribution in [0.15, 0.2) is 29.2 Å². The highest BCUT2D eigenvalue weighted by molar-refractivity contribution is 7.89. The van der Waals surface area contributed by atoms with Crippen molar-refractivity contribution < 1.29 is 13.2 Å². The van der Waals surface area contributed by atoms with E-state index in [0.29, 0.717) is 18.7 Å². The summed E-state index contributed by atoms with van der Waals surface area (Å²) in [5.41, 5.74) is 0.489. The van der Waals surface area contributed by atoms with Gasteiger partial charge in [-0.3, -0.25) is 4.79 Å². The second kappa shape index (κ2) is 8.23. The lowest BCUT2D eigenvalue weighted by atomic mass is 10.1. The van der Waals surface area contributed by atoms with Crippen LogP contribution < -0.4 is 4.72 Å². The second-order valence-corrected chi connectivity index (χ2v) is 9.39. The summed E-state index contributed by atoms with van der Waals surface area (Å²) in [6.07, 6.45) is 6.17. The molecule has 1 atom stereocenters. The molecule has 3 heterocycles. The molecule has 8 nitrogen and oxygen atoms in total. The predicted octanol–water partition coefficient (Wildman–Crippen LogP) is 2.28. The van der Waals surface area contributed by atoms with Gasteiger partial charge in [-0.15, -0.1) is 10.2 Å². The van der Waals surface area contributed by atoms with Crippen molar-refractivity contribution in [3.05, 3.63) is 41.5 Å². The lowest BCUT2D eigenvalue weighted by Gasteiger charge is -2.25. The van der Waals surface area contributed by atoms with Gasteiger partial charge in [0.2, 0.25) is 10.0 Å². The number of amides is 1. The summed E-state index contributed by atoms with van der Waals surface area (Å²) in [6.45, 7) is 3.63. The fourth-order valence-electron chi connectivity index (χ4n) is 4.25. The summed E-state index contributed by atoms with van der Waals surface area (Å²) >= 11 is 0. The molecule has 0 bridgehead atoms. The van der Waals surface area contributed by atoms with Crippen LogP contribution in [0.2, 0.25) is 0 Å². The molecule has 0 aliphatic carbocycles. The standard InChI is InChI=1S/C20H27N5O3S/c1-2-21-29(27,28)16-11-9-15(10-12-16)20(26)24-14-6-7-17(24)19-23-22-18-8-4-3-5-13-25(18)19/h9-12,17,21H,2-8,13-14H2,1H3. The van der Waals surface area contributed by atoms with Crippen LogP contribution in [0.3, 0.4) is 0 Å². The zero-order chi connectivity index (χ0) is 20.4. The maximum Gasteiger partial charge on any atom is 0.254 e. The number of hydrogen-bond acceptors (Lipinski definition) is 5. The molecule has 9 heteroatoms. The van der Waals surface area contributed by atoms with Crippen molar-refractivity contribution in [3.8, 4) is 0 Å². The van der Waals surface area contributed by atoms with E-state index in [-0.39, 0.29) is 16.8 Å². The van der Waals surface area contributed by atoms with Crippen LogP contribution in [0, 0.1) is 0 Å². The summed E-state index contributed by atoms with van der Waals surface area (Å²) < 4.78 is 28.9. The topological polar surface area (TPSA) is 97.2 Å². The maximum atomic E-state index is 13.2. The van der Waals surface area contributed by atoms with Crippen LogP contribution in [-0.4, -0.2) is 47.1 Å². The first-order valence-electron chi connectivity index (χ1n) is 10.3. The Balaban J connectivity index is 1.57. The molecule has 1 saturated heterocycles. The molecule has 2 aliphatic heterocycles. The fraction of sp³-hybridized carbons (Fsp3) is 0.550. The van der Waals surface area contributed by atoms with E-state index in [2.05, 4.69) is 19.5 Å². The van der Waals surface area contributed by atoms with Crippen molar-refractivity contribution in [2.45, 2.75) is 62.9 Å². The monoisotopic (exact) mass is 417 g/mol. The van der Waals surface area contributed by atoms with Gasteiger partial charge in [0.25, 0.3) is 5.91 Å². The van der Waals surface area contributed by atoms with E-state index in [1.165, 1.54) is 18.6 Å². The Morgan fingerprint density at radius 1 is 1.10 bits per heavy atom. The molecule has 1 aromatic carbocycles. The van der Waals surface area contributed by atoms with Crippen LogP contribution in [0.1, 0.15) is 67.1 Å². The third-order valence-electron chi connectivity index (χ3n) is 5.70. The molecule has 0 spiro atoms. The minimum absolute atomic E-state index is 0.0768. The average Bonchev–Trinajstić information content (AvgIpc) is 3.28. The van der Waals surface area contributed by atoms with E-state index >= 15 is 0 Å². The number of fused-ring (bicyclic) bond motifs is 1. The molecule has 29 heavy (non-hydrogen) atoms. The van der Waals surface area contributed by atoms with E-state index < -0.39 is 10.0 Å². The van der Waals surface area contributed by atoms with E-state index in [9.17, 15) is 13.2 Å². The second-order valence-electron chi connectivity index (χ2n) is 7.62. The summed E-state index contributed by atoms with van der Waals surface area (Å²) in [6, 6.07) is 6.07. The lowest BCUT2D eigenvalue weighted by molar-refractivity contribution is 0.0727. The van der Waals surface area contributed by atoms with E-state index in [0.717, 1.165) is 50.3 Å². The number of aryl methyl sites for hydroxylation is 1. The third kappa shape index (κ3) is 3.93. The number of aromatic nitrogens is 3. The van der Waals surface area contributed by atoms with Crippen LogP contribution in [0.4, 0.5) is 0 Å². The smallest absolute Gasteiger partial charge is 0.254 e. The quantitative estimate of drug-likeness (QED) is 0.805. The normalized spacial score (nSPS) is 19.8. The number of hydrogen-bond donors (Lipinski definition) is 1. The molecule has 1 N–H and O–H groups in total. The molecule has 1 amide bonds. The first-order chi connectivity index (χ1) is 14.0. The Morgan fingerprint density at radius 2 is 1.90 bits per heavy atom. The summed E-state index contributed by atoms with van der Waals surface area (Å²) in [5, 5.41) is 8.83. The third-order valence-corrected chi connectivity index (χ3v) is 7.26. The van der Waals surface area contributed by atoms with Gasteiger partial charge in [0, 0.05) is 31.6 Å². The minimum atomic E-state index is -3.53. The van der Waals surface area contributed by atoms with Crippen molar-refractivity contribution >= 4 is 15.9 Å². The first-order valence-corrected chi connectivity index (χ1v) is 11.8. The molecule has 1 unspecified atom stereocenters. The highest BCUT2D eigenvalue weighted by Crippen LogP contribution is 2.33. The Morgan fingerprint density at radius 3 is 2.66 bits per heavy atom. The van der Waals surface area contributed by atoms with Gasteiger partial charge in [-0.2, -0.15) is 0 Å². The van der Waals surface area contributed by atoms with Crippen molar-refractivity contribution in [2.75, 3.05) is 13.1 Å². The predicted molar refractivity (Wildman–Crippen MR) is 108 cm³/mol. The zero-order valence-corrected chi connectivity index (χ0v) is 17.5. The van der Waals surface area contributed by atoms with Gasteiger partial charge in [-0.25, -0.2) is 13.1 Å². The highest BCUT2D eigenvalue weighted by Gasteiger charge is 2.35. The van der Waals surface area contributed by atoms with Gasteiger partial charge >= 0.3 is 0 Å². The average molecular weight is 418 g/mol. The molecule has 2 aliphatic rings. The number of nitrogens with zero attached hydrogens (tertiary/aromatic N) is 4. The van der Waals surface area contributed by atoms with Crippen molar-refractivity contribution in [1.82, 2.24) is 24.4 Å². The summed E-state index contributed by atoms with van der Waals surface area (Å²) in [5.74, 6) is 1.82. The van der Waals surface area contributed by atoms with Gasteiger partial charge in [-0.05, 0) is 49.9 Å². The molecular formula is C20H27N5O3S. The molecule has 2 aromatic rings. The van der Waals surface area contributed by atoms with E-state index in [4.69, 9.17) is 0 Å². The van der Waals surface area contributed by atoms with E-state index in [1.54, 1.807) is 19.1 Å². The Kier molecular flexibility index (Phi) is 5.69. The van der Waals surface area contributed by atoms with Crippen LogP contribution >= 0.6 is 0 Å². The van der Waals surface area contributed by atoms with Gasteiger partial charge in [-0.1, -0.05) is 13.3 Å². The van der Waals surface area contributed by atoms with Crippen LogP contribution in [0.5, 0.6) is 0 Å². The number of benzene rings is 1. The molecule has 1 aromatic heterocycles. The van der Waals surface area contributed by atoms with Crippen molar-refractivity contribution in [3.63, 3.8) is 0 Å².